The fourth-order valence-corrected chi connectivity index (χ4v) is 3.49. The number of para-hydroxylation sites is 1. The number of rotatable bonds is 6. The number of nitrogens with zero attached hydrogens (tertiary/aromatic N) is 1. The SMILES string of the molecule is COc1cc(/C=C2\C(=O)NN(c3ccccc3)C2=O)cc(Cl)c1OCc1ccccc1F. The Balaban J connectivity index is 1.60. The van der Waals surface area contributed by atoms with Crippen molar-refractivity contribution < 1.29 is 23.5 Å². The summed E-state index contributed by atoms with van der Waals surface area (Å²) in [4.78, 5) is 25.2. The molecular weight excluding hydrogens is 435 g/mol. The van der Waals surface area contributed by atoms with Crippen LogP contribution in [0.5, 0.6) is 11.5 Å². The van der Waals surface area contributed by atoms with Crippen LogP contribution in [0.25, 0.3) is 6.08 Å². The zero-order chi connectivity index (χ0) is 22.7. The van der Waals surface area contributed by atoms with Crippen molar-refractivity contribution in [3.8, 4) is 11.5 Å². The van der Waals surface area contributed by atoms with Gasteiger partial charge in [-0.05, 0) is 42.0 Å². The van der Waals surface area contributed by atoms with Gasteiger partial charge in [0.2, 0.25) is 0 Å². The summed E-state index contributed by atoms with van der Waals surface area (Å²) in [6, 6.07) is 18.1. The molecule has 162 valence electrons. The van der Waals surface area contributed by atoms with Crippen LogP contribution in [0.1, 0.15) is 11.1 Å². The largest absolute Gasteiger partial charge is 0.493 e. The molecule has 1 aliphatic heterocycles. The summed E-state index contributed by atoms with van der Waals surface area (Å²) in [5, 5.41) is 1.37. The van der Waals surface area contributed by atoms with Gasteiger partial charge in [0.1, 0.15) is 18.0 Å². The van der Waals surface area contributed by atoms with Gasteiger partial charge in [-0.15, -0.1) is 0 Å². The molecule has 3 aromatic carbocycles. The standard InChI is InChI=1S/C24H18ClFN2O4/c1-31-21-13-15(12-19(25)22(21)32-14-16-7-5-6-10-20(16)26)11-18-23(29)27-28(24(18)30)17-8-3-2-4-9-17/h2-13H,14H2,1H3,(H,27,29)/b18-11+. The van der Waals surface area contributed by atoms with E-state index in [4.69, 9.17) is 21.1 Å². The van der Waals surface area contributed by atoms with Crippen LogP contribution in [0.2, 0.25) is 5.02 Å². The lowest BCUT2D eigenvalue weighted by molar-refractivity contribution is -0.117. The van der Waals surface area contributed by atoms with Gasteiger partial charge in [-0.3, -0.25) is 15.0 Å². The maximum Gasteiger partial charge on any atom is 0.282 e. The van der Waals surface area contributed by atoms with Crippen LogP contribution in [0.3, 0.4) is 0 Å². The Morgan fingerprint density at radius 3 is 2.50 bits per heavy atom. The molecule has 2 amide bonds. The average Bonchev–Trinajstić information content (AvgIpc) is 3.08. The summed E-state index contributed by atoms with van der Waals surface area (Å²) >= 11 is 6.38. The summed E-state index contributed by atoms with van der Waals surface area (Å²) in [5.41, 5.74) is 3.87. The number of ether oxygens (including phenoxy) is 2. The third-order valence-electron chi connectivity index (χ3n) is 4.80. The Hall–Kier alpha value is -3.84. The predicted molar refractivity (Wildman–Crippen MR) is 119 cm³/mol. The molecule has 1 saturated heterocycles. The van der Waals surface area contributed by atoms with Crippen LogP contribution < -0.4 is 19.9 Å². The molecule has 3 aromatic rings. The summed E-state index contributed by atoms with van der Waals surface area (Å²) in [7, 11) is 1.43. The van der Waals surface area contributed by atoms with E-state index >= 15 is 0 Å². The smallest absolute Gasteiger partial charge is 0.282 e. The van der Waals surface area contributed by atoms with Crippen molar-refractivity contribution in [1.29, 1.82) is 0 Å². The number of nitrogens with one attached hydrogen (secondary N) is 1. The lowest BCUT2D eigenvalue weighted by atomic mass is 10.1. The van der Waals surface area contributed by atoms with Crippen molar-refractivity contribution in [3.63, 3.8) is 0 Å². The molecule has 0 aromatic heterocycles. The Bertz CT molecular complexity index is 1210. The molecule has 0 saturated carbocycles. The van der Waals surface area contributed by atoms with Crippen LogP contribution in [0.15, 0.2) is 72.3 Å². The summed E-state index contributed by atoms with van der Waals surface area (Å²) in [5.74, 6) is -0.901. The van der Waals surface area contributed by atoms with Gasteiger partial charge in [0.15, 0.2) is 11.5 Å². The molecule has 0 atom stereocenters. The number of carbonyl (C=O) groups is 2. The monoisotopic (exact) mass is 452 g/mol. The highest BCUT2D eigenvalue weighted by molar-refractivity contribution is 6.33. The second kappa shape index (κ2) is 9.11. The van der Waals surface area contributed by atoms with E-state index in [1.165, 1.54) is 24.3 Å². The summed E-state index contributed by atoms with van der Waals surface area (Å²) < 4.78 is 24.9. The molecular formula is C24H18ClFN2O4. The molecule has 6 nitrogen and oxygen atoms in total. The zero-order valence-corrected chi connectivity index (χ0v) is 17.7. The second-order valence-corrected chi connectivity index (χ2v) is 7.30. The van der Waals surface area contributed by atoms with Crippen LogP contribution in [-0.4, -0.2) is 18.9 Å². The fourth-order valence-electron chi connectivity index (χ4n) is 3.21. The third kappa shape index (κ3) is 4.29. The van der Waals surface area contributed by atoms with E-state index in [2.05, 4.69) is 5.43 Å². The van der Waals surface area contributed by atoms with Gasteiger partial charge in [0.25, 0.3) is 11.8 Å². The average molecular weight is 453 g/mol. The third-order valence-corrected chi connectivity index (χ3v) is 5.08. The van der Waals surface area contributed by atoms with Crippen molar-refractivity contribution in [2.75, 3.05) is 12.1 Å². The Morgan fingerprint density at radius 1 is 1.06 bits per heavy atom. The molecule has 0 radical (unpaired) electrons. The molecule has 0 spiro atoms. The molecule has 0 unspecified atom stereocenters. The van der Waals surface area contributed by atoms with Crippen molar-refractivity contribution in [3.05, 3.63) is 94.3 Å². The normalized spacial score (nSPS) is 14.6. The van der Waals surface area contributed by atoms with Crippen molar-refractivity contribution in [1.82, 2.24) is 5.43 Å². The highest BCUT2D eigenvalue weighted by Crippen LogP contribution is 2.38. The maximum absolute atomic E-state index is 13.9. The first kappa shape index (κ1) is 21.4. The Morgan fingerprint density at radius 2 is 1.78 bits per heavy atom. The molecule has 0 bridgehead atoms. The second-order valence-electron chi connectivity index (χ2n) is 6.89. The highest BCUT2D eigenvalue weighted by atomic mass is 35.5. The van der Waals surface area contributed by atoms with E-state index in [0.717, 1.165) is 0 Å². The molecule has 32 heavy (non-hydrogen) atoms. The molecule has 1 aliphatic rings. The van der Waals surface area contributed by atoms with Gasteiger partial charge in [-0.1, -0.05) is 48.0 Å². The number of amides is 2. The van der Waals surface area contributed by atoms with E-state index in [-0.39, 0.29) is 28.7 Å². The number of methoxy groups -OCH3 is 1. The van der Waals surface area contributed by atoms with E-state index in [1.54, 1.807) is 54.6 Å². The number of hydrazine groups is 1. The maximum atomic E-state index is 13.9. The first-order valence-electron chi connectivity index (χ1n) is 9.64. The minimum atomic E-state index is -0.533. The van der Waals surface area contributed by atoms with Gasteiger partial charge in [0.05, 0.1) is 17.8 Å². The number of halogens is 2. The van der Waals surface area contributed by atoms with Crippen molar-refractivity contribution in [2.24, 2.45) is 0 Å². The van der Waals surface area contributed by atoms with Gasteiger partial charge >= 0.3 is 0 Å². The number of carbonyl (C=O) groups excluding carboxylic acids is 2. The molecule has 0 aliphatic carbocycles. The van der Waals surface area contributed by atoms with Crippen LogP contribution in [0, 0.1) is 5.82 Å². The van der Waals surface area contributed by atoms with E-state index in [1.807, 2.05) is 6.07 Å². The number of anilines is 1. The molecule has 8 heteroatoms. The van der Waals surface area contributed by atoms with E-state index in [9.17, 15) is 14.0 Å². The van der Waals surface area contributed by atoms with Crippen molar-refractivity contribution >= 4 is 35.2 Å². The van der Waals surface area contributed by atoms with Crippen LogP contribution in [-0.2, 0) is 16.2 Å². The molecule has 1 fully saturated rings. The van der Waals surface area contributed by atoms with Gasteiger partial charge < -0.3 is 9.47 Å². The molecule has 1 heterocycles. The quantitative estimate of drug-likeness (QED) is 0.441. The van der Waals surface area contributed by atoms with E-state index in [0.29, 0.717) is 16.8 Å². The number of hydrogen-bond donors (Lipinski definition) is 1. The highest BCUT2D eigenvalue weighted by Gasteiger charge is 2.34. The Kier molecular flexibility index (Phi) is 6.09. The van der Waals surface area contributed by atoms with Crippen LogP contribution >= 0.6 is 11.6 Å². The van der Waals surface area contributed by atoms with E-state index < -0.39 is 17.6 Å². The summed E-state index contributed by atoms with van der Waals surface area (Å²) in [6.07, 6.45) is 1.43. The molecule has 1 N–H and O–H groups in total. The minimum Gasteiger partial charge on any atom is -0.493 e. The lowest BCUT2D eigenvalue weighted by Crippen LogP contribution is -2.35. The minimum absolute atomic E-state index is 0.0455. The number of benzene rings is 3. The van der Waals surface area contributed by atoms with Gasteiger partial charge in [-0.2, -0.15) is 0 Å². The van der Waals surface area contributed by atoms with Crippen molar-refractivity contribution in [2.45, 2.75) is 6.61 Å². The lowest BCUT2D eigenvalue weighted by Gasteiger charge is -2.14. The Labute approximate surface area is 188 Å². The molecule has 4 rings (SSSR count). The number of hydrogen-bond acceptors (Lipinski definition) is 4. The first-order valence-corrected chi connectivity index (χ1v) is 10.0. The van der Waals surface area contributed by atoms with Crippen LogP contribution in [0.4, 0.5) is 10.1 Å². The topological polar surface area (TPSA) is 67.9 Å². The fraction of sp³-hybridized carbons (Fsp3) is 0.0833. The predicted octanol–water partition coefficient (Wildman–Crippen LogP) is 4.53. The zero-order valence-electron chi connectivity index (χ0n) is 17.0. The van der Waals surface area contributed by atoms with Gasteiger partial charge in [0, 0.05) is 5.56 Å². The van der Waals surface area contributed by atoms with Gasteiger partial charge in [-0.25, -0.2) is 9.40 Å². The summed E-state index contributed by atoms with van der Waals surface area (Å²) in [6.45, 7) is -0.0455. The first-order chi connectivity index (χ1) is 15.5.